The summed E-state index contributed by atoms with van der Waals surface area (Å²) in [5, 5.41) is 4.35. The Hall–Kier alpha value is -6.55. The van der Waals surface area contributed by atoms with Gasteiger partial charge in [0, 0.05) is 4.91 Å². The predicted molar refractivity (Wildman–Crippen MR) is 279 cm³/mol. The average molecular weight is 998 g/mol. The summed E-state index contributed by atoms with van der Waals surface area (Å²) in [5.74, 6) is 0. The van der Waals surface area contributed by atoms with Crippen LogP contribution in [0.1, 0.15) is 38.9 Å². The van der Waals surface area contributed by atoms with E-state index in [1.807, 2.05) is 212 Å². The largest absolute Gasteiger partial charge is 0.374 e. The zero-order chi connectivity index (χ0) is 50.4. The van der Waals surface area contributed by atoms with Crippen LogP contribution in [0.5, 0.6) is 0 Å². The van der Waals surface area contributed by atoms with Crippen LogP contribution in [0.4, 0.5) is 0 Å². The minimum atomic E-state index is -1.16. The molecular weight excluding hydrogens is 935 g/mol. The van der Waals surface area contributed by atoms with E-state index in [1.165, 1.54) is 0 Å². The van der Waals surface area contributed by atoms with Crippen LogP contribution >= 0.6 is 0 Å². The molecule has 0 unspecified atom stereocenters. The zero-order valence-electron chi connectivity index (χ0n) is 41.3. The number of benzene rings is 7. The van der Waals surface area contributed by atoms with Gasteiger partial charge in [-0.15, -0.1) is 0 Å². The molecule has 0 N–H and O–H groups in total. The van der Waals surface area contributed by atoms with E-state index in [4.69, 9.17) is 47.4 Å². The van der Waals surface area contributed by atoms with Crippen molar-refractivity contribution in [1.82, 2.24) is 0 Å². The highest BCUT2D eigenvalue weighted by molar-refractivity contribution is 5.19. The van der Waals surface area contributed by atoms with Crippen molar-refractivity contribution in [2.24, 2.45) is 5.11 Å². The summed E-state index contributed by atoms with van der Waals surface area (Å²) in [5.41, 5.74) is 17.0. The molecule has 7 aromatic rings. The summed E-state index contributed by atoms with van der Waals surface area (Å²) in [4.78, 5) is 3.34. The second kappa shape index (κ2) is 28.2. The van der Waals surface area contributed by atoms with Gasteiger partial charge in [-0.2, -0.15) is 0 Å². The Morgan fingerprint density at radius 1 is 0.324 bits per heavy atom. The van der Waals surface area contributed by atoms with Crippen molar-refractivity contribution >= 4 is 0 Å². The van der Waals surface area contributed by atoms with E-state index >= 15 is 0 Å². The van der Waals surface area contributed by atoms with E-state index in [9.17, 15) is 5.53 Å². The van der Waals surface area contributed by atoms with Crippen LogP contribution in [0.15, 0.2) is 217 Å². The number of nitrogens with zero attached hydrogens (tertiary/aromatic N) is 3. The van der Waals surface area contributed by atoms with Crippen LogP contribution in [-0.2, 0) is 93.6 Å². The van der Waals surface area contributed by atoms with Crippen molar-refractivity contribution in [3.05, 3.63) is 262 Å². The summed E-state index contributed by atoms with van der Waals surface area (Å²) in [6, 6.07) is 68.4. The standard InChI is InChI=1S/C61H63N3O10/c62-64-63-54-57(68-39-48-28-14-4-15-29-48)55(66-37-46-24-10-2-11-25-46)52(43-65-36-45-22-8-1-9-23-45)73-60(54)72-44-53-56(67-38-47-26-12-3-13-27-47)58(69-40-49-30-16-5-17-31-49)59(70-41-50-32-18-6-19-33-50)61(74-53)71-42-51-34-20-7-21-35-51/h1-35,52-61H,36-44H2/t52-,53-,54+,55-,56-,57-,58+,59-,60+,61-/m1/s1. The van der Waals surface area contributed by atoms with Gasteiger partial charge in [-0.3, -0.25) is 0 Å². The molecule has 0 bridgehead atoms. The molecule has 10 atom stereocenters. The first-order chi connectivity index (χ1) is 36.7. The minimum absolute atomic E-state index is 0.108. The summed E-state index contributed by atoms with van der Waals surface area (Å²) in [6.07, 6.45) is -7.61. The van der Waals surface area contributed by atoms with Crippen LogP contribution in [0.3, 0.4) is 0 Å². The van der Waals surface area contributed by atoms with Gasteiger partial charge in [-0.1, -0.05) is 217 Å². The molecule has 0 aromatic heterocycles. The number of hydrogen-bond acceptors (Lipinski definition) is 11. The molecule has 2 heterocycles. The zero-order valence-corrected chi connectivity index (χ0v) is 41.3. The molecule has 9 rings (SSSR count). The van der Waals surface area contributed by atoms with Gasteiger partial charge in [0.2, 0.25) is 0 Å². The SMILES string of the molecule is [N-]=[N+]=N[C@@H]1[C@@H](OC[C@H]2O[C@@H](OCc3ccccc3)[C@H](OCc3ccccc3)[C@@H](OCc3ccccc3)[C@@H]2OCc2ccccc2)O[C@H](COCc2ccccc2)[C@@H](OCc2ccccc2)[C@@H]1OCc1ccccc1. The van der Waals surface area contributed by atoms with Crippen molar-refractivity contribution in [3.63, 3.8) is 0 Å². The van der Waals surface area contributed by atoms with Gasteiger partial charge in [0.15, 0.2) is 12.6 Å². The monoisotopic (exact) mass is 997 g/mol. The Balaban J connectivity index is 1.05. The lowest BCUT2D eigenvalue weighted by molar-refractivity contribution is -0.342. The summed E-state index contributed by atoms with van der Waals surface area (Å²) in [7, 11) is 0. The minimum Gasteiger partial charge on any atom is -0.374 e. The lowest BCUT2D eigenvalue weighted by atomic mass is 9.96. The molecule has 2 aliphatic heterocycles. The van der Waals surface area contributed by atoms with Crippen molar-refractivity contribution in [3.8, 4) is 0 Å². The number of rotatable bonds is 26. The van der Waals surface area contributed by atoms with E-state index in [-0.39, 0.29) is 52.9 Å². The quantitative estimate of drug-likeness (QED) is 0.0292. The molecule has 0 amide bonds. The van der Waals surface area contributed by atoms with Crippen LogP contribution < -0.4 is 0 Å². The van der Waals surface area contributed by atoms with Gasteiger partial charge >= 0.3 is 0 Å². The molecule has 7 aromatic carbocycles. The van der Waals surface area contributed by atoms with Crippen LogP contribution in [-0.4, -0.2) is 74.6 Å². The lowest BCUT2D eigenvalue weighted by Crippen LogP contribution is -2.63. The highest BCUT2D eigenvalue weighted by atomic mass is 16.7. The van der Waals surface area contributed by atoms with Crippen LogP contribution in [0.2, 0.25) is 0 Å². The Kier molecular flexibility index (Phi) is 19.9. The van der Waals surface area contributed by atoms with Gasteiger partial charge in [-0.25, -0.2) is 0 Å². The fraction of sp³-hybridized carbons (Fsp3) is 0.311. The third-order valence-electron chi connectivity index (χ3n) is 12.9. The lowest BCUT2D eigenvalue weighted by Gasteiger charge is -2.47. The topological polar surface area (TPSA) is 141 Å². The molecule has 0 spiro atoms. The molecule has 0 saturated carbocycles. The fourth-order valence-electron chi connectivity index (χ4n) is 9.10. The number of ether oxygens (including phenoxy) is 10. The summed E-state index contributed by atoms with van der Waals surface area (Å²) < 4.78 is 68.3. The molecule has 0 aliphatic carbocycles. The van der Waals surface area contributed by atoms with Crippen molar-refractivity contribution in [2.75, 3.05) is 13.2 Å². The highest BCUT2D eigenvalue weighted by Gasteiger charge is 2.52. The maximum absolute atomic E-state index is 10.3. The van der Waals surface area contributed by atoms with Crippen molar-refractivity contribution in [2.45, 2.75) is 108 Å². The summed E-state index contributed by atoms with van der Waals surface area (Å²) in [6.45, 7) is 1.73. The maximum atomic E-state index is 10.3. The van der Waals surface area contributed by atoms with E-state index in [0.29, 0.717) is 6.61 Å². The first-order valence-corrected chi connectivity index (χ1v) is 25.2. The van der Waals surface area contributed by atoms with Gasteiger partial charge in [-0.05, 0) is 44.5 Å². The van der Waals surface area contributed by atoms with Gasteiger partial charge < -0.3 is 47.4 Å². The van der Waals surface area contributed by atoms with E-state index < -0.39 is 61.3 Å². The Bertz CT molecular complexity index is 2690. The average Bonchev–Trinajstić information content (AvgIpc) is 3.46. The molecule has 74 heavy (non-hydrogen) atoms. The van der Waals surface area contributed by atoms with Crippen molar-refractivity contribution < 1.29 is 47.4 Å². The fourth-order valence-corrected chi connectivity index (χ4v) is 9.10. The predicted octanol–water partition coefficient (Wildman–Crippen LogP) is 11.5. The second-order valence-electron chi connectivity index (χ2n) is 18.2. The van der Waals surface area contributed by atoms with Crippen LogP contribution in [0, 0.1) is 0 Å². The molecule has 2 fully saturated rings. The molecule has 2 aliphatic rings. The van der Waals surface area contributed by atoms with Crippen LogP contribution in [0.25, 0.3) is 10.4 Å². The van der Waals surface area contributed by atoms with Crippen molar-refractivity contribution in [1.29, 1.82) is 0 Å². The maximum Gasteiger partial charge on any atom is 0.187 e. The van der Waals surface area contributed by atoms with Gasteiger partial charge in [0.1, 0.15) is 48.8 Å². The van der Waals surface area contributed by atoms with Gasteiger partial charge in [0.05, 0.1) is 59.5 Å². The van der Waals surface area contributed by atoms with Gasteiger partial charge in [0.25, 0.3) is 0 Å². The Morgan fingerprint density at radius 2 is 0.635 bits per heavy atom. The van der Waals surface area contributed by atoms with E-state index in [2.05, 4.69) is 10.0 Å². The summed E-state index contributed by atoms with van der Waals surface area (Å²) >= 11 is 0. The highest BCUT2D eigenvalue weighted by Crippen LogP contribution is 2.35. The number of azide groups is 1. The molecule has 0 radical (unpaired) electrons. The normalized spacial score (nSPS) is 23.7. The molecular formula is C61H63N3O10. The number of hydrogen-bond donors (Lipinski definition) is 0. The molecule has 13 nitrogen and oxygen atoms in total. The second-order valence-corrected chi connectivity index (χ2v) is 18.2. The Morgan fingerprint density at radius 3 is 1.04 bits per heavy atom. The molecule has 2 saturated heterocycles. The first-order valence-electron chi connectivity index (χ1n) is 25.2. The Labute approximate surface area is 433 Å². The molecule has 13 heteroatoms. The smallest absolute Gasteiger partial charge is 0.187 e. The molecule has 382 valence electrons. The van der Waals surface area contributed by atoms with E-state index in [0.717, 1.165) is 38.9 Å². The van der Waals surface area contributed by atoms with E-state index in [1.54, 1.807) is 0 Å². The third-order valence-corrected chi connectivity index (χ3v) is 12.9. The third kappa shape index (κ3) is 15.3. The first kappa shape index (κ1) is 52.3.